The Morgan fingerprint density at radius 2 is 1.91 bits per heavy atom. The highest BCUT2D eigenvalue weighted by molar-refractivity contribution is 7.73. The molecule has 0 aliphatic rings. The highest BCUT2D eigenvalue weighted by Gasteiger charge is 2.08. The average Bonchev–Trinajstić information content (AvgIpc) is 2.87. The fraction of sp³-hybridized carbons (Fsp3) is 0.556. The second-order valence-electron chi connectivity index (χ2n) is 5.73. The maximum Gasteiger partial charge on any atom is 0.307 e. The van der Waals surface area contributed by atoms with E-state index < -0.39 is 0 Å². The Balaban J connectivity index is 1.70. The molecule has 0 radical (unpaired) electrons. The first kappa shape index (κ1) is 18.1. The molecule has 0 saturated heterocycles. The van der Waals surface area contributed by atoms with E-state index in [1.54, 1.807) is 11.3 Å². The van der Waals surface area contributed by atoms with Crippen LogP contribution >= 0.6 is 23.6 Å². The molecule has 0 saturated carbocycles. The summed E-state index contributed by atoms with van der Waals surface area (Å²) in [6.45, 7) is 3.35. The van der Waals surface area contributed by atoms with Gasteiger partial charge < -0.3 is 9.30 Å². The van der Waals surface area contributed by atoms with Gasteiger partial charge in [0.2, 0.25) is 0 Å². The number of hydrogen-bond donors (Lipinski definition) is 0. The van der Waals surface area contributed by atoms with Crippen molar-refractivity contribution < 1.29 is 9.53 Å². The Morgan fingerprint density at radius 3 is 2.74 bits per heavy atom. The summed E-state index contributed by atoms with van der Waals surface area (Å²) < 4.78 is 9.32. The summed E-state index contributed by atoms with van der Waals surface area (Å²) in [5, 5.41) is 0. The Kier molecular flexibility index (Phi) is 7.76. The van der Waals surface area contributed by atoms with Gasteiger partial charge in [0.1, 0.15) is 0 Å². The molecule has 1 heterocycles. The van der Waals surface area contributed by atoms with Gasteiger partial charge in [-0.2, -0.15) is 0 Å². The lowest BCUT2D eigenvalue weighted by Crippen LogP contribution is -2.10. The topological polar surface area (TPSA) is 31.2 Å². The van der Waals surface area contributed by atoms with Crippen molar-refractivity contribution in [3.8, 4) is 0 Å². The number of carbonyl (C=O) groups excluding carboxylic acids is 1. The largest absolute Gasteiger partial charge is 0.466 e. The SMILES string of the molecule is CCCCCCCCOC(=O)CCn1c(=S)sc2ccccc21. The van der Waals surface area contributed by atoms with Crippen LogP contribution in [0.5, 0.6) is 0 Å². The second-order valence-corrected chi connectivity index (χ2v) is 7.40. The lowest BCUT2D eigenvalue weighted by atomic mass is 10.1. The van der Waals surface area contributed by atoms with Crippen LogP contribution in [0.3, 0.4) is 0 Å². The van der Waals surface area contributed by atoms with Crippen LogP contribution in [0.25, 0.3) is 10.2 Å². The molecule has 1 aromatic carbocycles. The molecule has 0 N–H and O–H groups in total. The summed E-state index contributed by atoms with van der Waals surface area (Å²) in [5.41, 5.74) is 1.10. The number of fused-ring (bicyclic) bond motifs is 1. The van der Waals surface area contributed by atoms with Crippen molar-refractivity contribution in [3.63, 3.8) is 0 Å². The van der Waals surface area contributed by atoms with Gasteiger partial charge in [-0.25, -0.2) is 0 Å². The number of hydrogen-bond acceptors (Lipinski definition) is 4. The van der Waals surface area contributed by atoms with Crippen LogP contribution in [0.15, 0.2) is 24.3 Å². The zero-order valence-corrected chi connectivity index (χ0v) is 15.4. The van der Waals surface area contributed by atoms with Crippen LogP contribution < -0.4 is 0 Å². The number of thiazole rings is 1. The number of benzene rings is 1. The summed E-state index contributed by atoms with van der Waals surface area (Å²) in [5.74, 6) is -0.129. The van der Waals surface area contributed by atoms with Crippen LogP contribution in [-0.4, -0.2) is 17.1 Å². The number of para-hydroxylation sites is 1. The van der Waals surface area contributed by atoms with E-state index >= 15 is 0 Å². The number of unbranched alkanes of at least 4 members (excludes halogenated alkanes) is 5. The van der Waals surface area contributed by atoms with Crippen LogP contribution in [0.1, 0.15) is 51.9 Å². The minimum Gasteiger partial charge on any atom is -0.466 e. The number of aryl methyl sites for hydroxylation is 1. The Bertz CT molecular complexity index is 675. The number of carbonyl (C=O) groups is 1. The fourth-order valence-corrected chi connectivity index (χ4v) is 3.95. The van der Waals surface area contributed by atoms with E-state index in [2.05, 4.69) is 13.0 Å². The van der Waals surface area contributed by atoms with E-state index in [1.165, 1.54) is 25.7 Å². The minimum absolute atomic E-state index is 0.129. The van der Waals surface area contributed by atoms with E-state index in [0.717, 1.165) is 27.0 Å². The van der Waals surface area contributed by atoms with Gasteiger partial charge in [-0.3, -0.25) is 4.79 Å². The second kappa shape index (κ2) is 9.83. The summed E-state index contributed by atoms with van der Waals surface area (Å²) in [7, 11) is 0. The van der Waals surface area contributed by atoms with Gasteiger partial charge in [0.25, 0.3) is 0 Å². The lowest BCUT2D eigenvalue weighted by Gasteiger charge is -2.06. The van der Waals surface area contributed by atoms with Gasteiger partial charge in [-0.05, 0) is 30.8 Å². The molecule has 0 bridgehead atoms. The molecule has 0 amide bonds. The molecule has 1 aromatic heterocycles. The first-order valence-corrected chi connectivity index (χ1v) is 9.69. The molecule has 0 atom stereocenters. The average molecular weight is 352 g/mol. The molecule has 23 heavy (non-hydrogen) atoms. The van der Waals surface area contributed by atoms with Gasteiger partial charge >= 0.3 is 5.97 Å². The van der Waals surface area contributed by atoms with Crippen molar-refractivity contribution in [1.29, 1.82) is 0 Å². The molecule has 5 heteroatoms. The van der Waals surface area contributed by atoms with Crippen molar-refractivity contribution >= 4 is 39.7 Å². The Labute approximate surface area is 147 Å². The number of rotatable bonds is 10. The fourth-order valence-electron chi connectivity index (χ4n) is 2.57. The molecule has 2 aromatic rings. The monoisotopic (exact) mass is 351 g/mol. The summed E-state index contributed by atoms with van der Waals surface area (Å²) >= 11 is 6.98. The van der Waals surface area contributed by atoms with Crippen molar-refractivity contribution in [2.75, 3.05) is 6.61 Å². The van der Waals surface area contributed by atoms with Gasteiger partial charge in [-0.1, -0.05) is 51.2 Å². The normalized spacial score (nSPS) is 11.0. The van der Waals surface area contributed by atoms with E-state index in [0.29, 0.717) is 19.6 Å². The molecule has 0 aliphatic heterocycles. The minimum atomic E-state index is -0.129. The molecular formula is C18H25NO2S2. The van der Waals surface area contributed by atoms with Crippen molar-refractivity contribution in [2.24, 2.45) is 0 Å². The molecule has 0 spiro atoms. The number of aromatic nitrogens is 1. The summed E-state index contributed by atoms with van der Waals surface area (Å²) in [4.78, 5) is 11.9. The molecule has 126 valence electrons. The van der Waals surface area contributed by atoms with Crippen LogP contribution in [-0.2, 0) is 16.1 Å². The maximum atomic E-state index is 11.9. The summed E-state index contributed by atoms with van der Waals surface area (Å²) in [6, 6.07) is 8.11. The third kappa shape index (κ3) is 5.74. The first-order chi connectivity index (χ1) is 11.2. The van der Waals surface area contributed by atoms with Crippen LogP contribution in [0.4, 0.5) is 0 Å². The van der Waals surface area contributed by atoms with E-state index in [4.69, 9.17) is 17.0 Å². The third-order valence-electron chi connectivity index (χ3n) is 3.87. The predicted octanol–water partition coefficient (Wildman–Crippen LogP) is 5.73. The quantitative estimate of drug-likeness (QED) is 0.311. The Morgan fingerprint density at radius 1 is 1.17 bits per heavy atom. The number of ether oxygens (including phenoxy) is 1. The van der Waals surface area contributed by atoms with Crippen molar-refractivity contribution in [3.05, 3.63) is 28.2 Å². The molecule has 2 rings (SSSR count). The van der Waals surface area contributed by atoms with Gasteiger partial charge in [0.15, 0.2) is 3.95 Å². The Hall–Kier alpha value is -1.20. The summed E-state index contributed by atoms with van der Waals surface area (Å²) in [6.07, 6.45) is 7.58. The molecule has 0 unspecified atom stereocenters. The molecular weight excluding hydrogens is 326 g/mol. The maximum absolute atomic E-state index is 11.9. The molecule has 0 aliphatic carbocycles. The zero-order chi connectivity index (χ0) is 16.5. The first-order valence-electron chi connectivity index (χ1n) is 8.46. The van der Waals surface area contributed by atoms with E-state index in [-0.39, 0.29) is 5.97 Å². The van der Waals surface area contributed by atoms with Gasteiger partial charge in [0, 0.05) is 6.54 Å². The number of nitrogens with zero attached hydrogens (tertiary/aromatic N) is 1. The molecule has 0 fully saturated rings. The molecule has 3 nitrogen and oxygen atoms in total. The smallest absolute Gasteiger partial charge is 0.307 e. The van der Waals surface area contributed by atoms with Crippen LogP contribution in [0, 0.1) is 3.95 Å². The highest BCUT2D eigenvalue weighted by Crippen LogP contribution is 2.23. The predicted molar refractivity (Wildman–Crippen MR) is 99.6 cm³/mol. The van der Waals surface area contributed by atoms with Crippen molar-refractivity contribution in [2.45, 2.75) is 58.4 Å². The van der Waals surface area contributed by atoms with E-state index in [9.17, 15) is 4.79 Å². The standard InChI is InChI=1S/C18H25NO2S2/c1-2-3-4-5-6-9-14-21-17(20)12-13-19-15-10-7-8-11-16(15)23-18(19)22/h7-8,10-11H,2-6,9,12-14H2,1H3. The van der Waals surface area contributed by atoms with Gasteiger partial charge in [0.05, 0.1) is 23.2 Å². The van der Waals surface area contributed by atoms with Gasteiger partial charge in [-0.15, -0.1) is 11.3 Å². The van der Waals surface area contributed by atoms with Crippen molar-refractivity contribution in [1.82, 2.24) is 4.57 Å². The zero-order valence-electron chi connectivity index (χ0n) is 13.8. The van der Waals surface area contributed by atoms with Crippen LogP contribution in [0.2, 0.25) is 0 Å². The lowest BCUT2D eigenvalue weighted by molar-refractivity contribution is -0.144. The highest BCUT2D eigenvalue weighted by atomic mass is 32.1. The van der Waals surface area contributed by atoms with E-state index in [1.807, 2.05) is 22.8 Å². The third-order valence-corrected chi connectivity index (χ3v) is 5.30. The number of esters is 1.